The van der Waals surface area contributed by atoms with E-state index in [1.165, 1.54) is 6.07 Å². The molecule has 1 fully saturated rings. The van der Waals surface area contributed by atoms with Crippen LogP contribution in [0, 0.1) is 11.8 Å². The summed E-state index contributed by atoms with van der Waals surface area (Å²) in [5.74, 6) is 0.442. The van der Waals surface area contributed by atoms with E-state index in [-0.39, 0.29) is 11.8 Å². The number of primary amides is 1. The molecule has 4 N–H and O–H groups in total. The van der Waals surface area contributed by atoms with E-state index in [1.54, 1.807) is 42.5 Å². The number of nitrogens with zero attached hydrogens (tertiary/aromatic N) is 1. The van der Waals surface area contributed by atoms with Gasteiger partial charge in [-0.15, -0.1) is 0 Å². The molecular weight excluding hydrogens is 368 g/mol. The number of urea groups is 1. The maximum Gasteiger partial charge on any atom is 0.316 e. The van der Waals surface area contributed by atoms with Crippen LogP contribution in [0.25, 0.3) is 0 Å². The topological polar surface area (TPSA) is 105 Å². The zero-order valence-corrected chi connectivity index (χ0v) is 16.6. The molecule has 0 saturated carbocycles. The summed E-state index contributed by atoms with van der Waals surface area (Å²) in [7, 11) is 0. The van der Waals surface area contributed by atoms with Crippen LogP contribution in [0.15, 0.2) is 48.5 Å². The van der Waals surface area contributed by atoms with Gasteiger partial charge in [0.15, 0.2) is 0 Å². The molecule has 29 heavy (non-hydrogen) atoms. The number of likely N-dealkylation sites (tertiary alicyclic amines) is 1. The Balaban J connectivity index is 1.79. The Morgan fingerprint density at radius 1 is 0.966 bits per heavy atom. The first-order chi connectivity index (χ1) is 13.8. The molecule has 1 aliphatic heterocycles. The van der Waals surface area contributed by atoms with Crippen molar-refractivity contribution in [3.05, 3.63) is 59.7 Å². The lowest BCUT2D eigenvalue weighted by atomic mass is 9.91. The Morgan fingerprint density at radius 2 is 1.66 bits per heavy atom. The van der Waals surface area contributed by atoms with E-state index < -0.39 is 6.03 Å². The minimum absolute atomic E-state index is 0.0801. The van der Waals surface area contributed by atoms with E-state index in [9.17, 15) is 14.4 Å². The molecule has 7 nitrogen and oxygen atoms in total. The second-order valence-corrected chi connectivity index (χ2v) is 7.73. The summed E-state index contributed by atoms with van der Waals surface area (Å²) < 4.78 is 0. The summed E-state index contributed by atoms with van der Waals surface area (Å²) in [5, 5.41) is 5.26. The van der Waals surface area contributed by atoms with E-state index in [4.69, 9.17) is 5.73 Å². The fourth-order valence-corrected chi connectivity index (χ4v) is 3.85. The lowest BCUT2D eigenvalue weighted by Gasteiger charge is -2.35. The van der Waals surface area contributed by atoms with Crippen molar-refractivity contribution in [1.82, 2.24) is 4.90 Å². The van der Waals surface area contributed by atoms with E-state index >= 15 is 0 Å². The smallest absolute Gasteiger partial charge is 0.316 e. The van der Waals surface area contributed by atoms with Crippen LogP contribution < -0.4 is 16.4 Å². The number of nitrogens with one attached hydrogen (secondary N) is 2. The Labute approximate surface area is 170 Å². The average Bonchev–Trinajstić information content (AvgIpc) is 2.67. The highest BCUT2D eigenvalue weighted by molar-refractivity contribution is 6.09. The molecular formula is C22H26N4O3. The first kappa shape index (κ1) is 20.4. The zero-order chi connectivity index (χ0) is 21.0. The first-order valence-electron chi connectivity index (χ1n) is 9.69. The van der Waals surface area contributed by atoms with Crippen LogP contribution >= 0.6 is 0 Å². The maximum absolute atomic E-state index is 13.1. The molecule has 152 valence electrons. The van der Waals surface area contributed by atoms with Gasteiger partial charge in [0.1, 0.15) is 0 Å². The third-order valence-corrected chi connectivity index (χ3v) is 4.95. The highest BCUT2D eigenvalue weighted by Crippen LogP contribution is 2.25. The molecule has 2 aromatic carbocycles. The van der Waals surface area contributed by atoms with Gasteiger partial charge in [-0.3, -0.25) is 9.59 Å². The summed E-state index contributed by atoms with van der Waals surface area (Å²) in [5.41, 5.74) is 6.82. The number of para-hydroxylation sites is 1. The van der Waals surface area contributed by atoms with Crippen molar-refractivity contribution in [2.75, 3.05) is 23.7 Å². The second kappa shape index (κ2) is 8.77. The van der Waals surface area contributed by atoms with Gasteiger partial charge in [0.25, 0.3) is 11.8 Å². The fraction of sp³-hybridized carbons (Fsp3) is 0.318. The van der Waals surface area contributed by atoms with E-state index in [0.717, 1.165) is 6.42 Å². The Bertz CT molecular complexity index is 918. The third-order valence-electron chi connectivity index (χ3n) is 4.95. The Kier molecular flexibility index (Phi) is 6.16. The lowest BCUT2D eigenvalue weighted by molar-refractivity contribution is 0.0624. The van der Waals surface area contributed by atoms with Crippen molar-refractivity contribution in [3.8, 4) is 0 Å². The van der Waals surface area contributed by atoms with Crippen LogP contribution in [-0.2, 0) is 0 Å². The van der Waals surface area contributed by atoms with Crippen molar-refractivity contribution < 1.29 is 14.4 Å². The number of hydrogen-bond donors (Lipinski definition) is 3. The summed E-state index contributed by atoms with van der Waals surface area (Å²) in [6.45, 7) is 5.73. The van der Waals surface area contributed by atoms with Crippen LogP contribution in [0.5, 0.6) is 0 Å². The van der Waals surface area contributed by atoms with Gasteiger partial charge in [0.05, 0.1) is 11.3 Å². The fourth-order valence-electron chi connectivity index (χ4n) is 3.85. The molecule has 1 saturated heterocycles. The van der Waals surface area contributed by atoms with Crippen LogP contribution in [-0.4, -0.2) is 35.8 Å². The quantitative estimate of drug-likeness (QED) is 0.738. The lowest BCUT2D eigenvalue weighted by Crippen LogP contribution is -2.42. The zero-order valence-electron chi connectivity index (χ0n) is 16.6. The van der Waals surface area contributed by atoms with Gasteiger partial charge in [-0.1, -0.05) is 32.0 Å². The molecule has 7 heteroatoms. The highest BCUT2D eigenvalue weighted by atomic mass is 16.2. The predicted molar refractivity (Wildman–Crippen MR) is 113 cm³/mol. The number of rotatable bonds is 4. The summed E-state index contributed by atoms with van der Waals surface area (Å²) in [6, 6.07) is 12.7. The van der Waals surface area contributed by atoms with Crippen molar-refractivity contribution in [3.63, 3.8) is 0 Å². The number of benzene rings is 2. The van der Waals surface area contributed by atoms with E-state index in [0.29, 0.717) is 47.4 Å². The van der Waals surface area contributed by atoms with Gasteiger partial charge in [0.2, 0.25) is 0 Å². The predicted octanol–water partition coefficient (Wildman–Crippen LogP) is 3.55. The van der Waals surface area contributed by atoms with Crippen molar-refractivity contribution >= 4 is 29.2 Å². The Hall–Kier alpha value is -3.35. The molecule has 0 unspecified atom stereocenters. The monoisotopic (exact) mass is 394 g/mol. The minimum Gasteiger partial charge on any atom is -0.351 e. The van der Waals surface area contributed by atoms with Crippen LogP contribution in [0.3, 0.4) is 0 Å². The molecule has 1 aliphatic rings. The number of hydrogen-bond acceptors (Lipinski definition) is 3. The largest absolute Gasteiger partial charge is 0.351 e. The molecule has 0 radical (unpaired) electrons. The molecule has 2 atom stereocenters. The SMILES string of the molecule is C[C@H]1C[C@H](C)CN(C(=O)c2ccccc2NC(=O)c2cccc(NC(N)=O)c2)C1. The summed E-state index contributed by atoms with van der Waals surface area (Å²) >= 11 is 0. The summed E-state index contributed by atoms with van der Waals surface area (Å²) in [6.07, 6.45) is 1.11. The molecule has 1 heterocycles. The Morgan fingerprint density at radius 3 is 2.34 bits per heavy atom. The van der Waals surface area contributed by atoms with Gasteiger partial charge < -0.3 is 21.3 Å². The summed E-state index contributed by atoms with van der Waals surface area (Å²) in [4.78, 5) is 38.7. The van der Waals surface area contributed by atoms with Crippen LogP contribution in [0.2, 0.25) is 0 Å². The molecule has 0 aliphatic carbocycles. The molecule has 0 spiro atoms. The third kappa shape index (κ3) is 5.13. The molecule has 3 rings (SSSR count). The highest BCUT2D eigenvalue weighted by Gasteiger charge is 2.27. The molecule has 0 aromatic heterocycles. The van der Waals surface area contributed by atoms with Gasteiger partial charge >= 0.3 is 6.03 Å². The van der Waals surface area contributed by atoms with Gasteiger partial charge in [-0.2, -0.15) is 0 Å². The minimum atomic E-state index is -0.705. The first-order valence-corrected chi connectivity index (χ1v) is 9.69. The number of anilines is 2. The number of nitrogens with two attached hydrogens (primary N) is 1. The van der Waals surface area contributed by atoms with Crippen molar-refractivity contribution in [2.45, 2.75) is 20.3 Å². The van der Waals surface area contributed by atoms with Crippen molar-refractivity contribution in [2.24, 2.45) is 17.6 Å². The van der Waals surface area contributed by atoms with Crippen LogP contribution in [0.1, 0.15) is 41.0 Å². The van der Waals surface area contributed by atoms with E-state index in [2.05, 4.69) is 24.5 Å². The molecule has 4 amide bonds. The molecule has 0 bridgehead atoms. The van der Waals surface area contributed by atoms with Crippen molar-refractivity contribution in [1.29, 1.82) is 0 Å². The van der Waals surface area contributed by atoms with Gasteiger partial charge in [-0.05, 0) is 48.6 Å². The van der Waals surface area contributed by atoms with Crippen LogP contribution in [0.4, 0.5) is 16.2 Å². The molecule has 2 aromatic rings. The van der Waals surface area contributed by atoms with Gasteiger partial charge in [0, 0.05) is 24.3 Å². The number of amides is 4. The standard InChI is InChI=1S/C22H26N4O3/c1-14-10-15(2)13-26(12-14)21(28)18-8-3-4-9-19(18)25-20(27)16-6-5-7-17(11-16)24-22(23)29/h3-9,11,14-15H,10,12-13H2,1-2H3,(H,25,27)(H3,23,24,29)/t14-,15-/m0/s1. The number of carbonyl (C=O) groups is 3. The maximum atomic E-state index is 13.1. The number of piperidine rings is 1. The number of carbonyl (C=O) groups excluding carboxylic acids is 3. The second-order valence-electron chi connectivity index (χ2n) is 7.73. The average molecular weight is 394 g/mol. The van der Waals surface area contributed by atoms with Gasteiger partial charge in [-0.25, -0.2) is 4.79 Å². The van der Waals surface area contributed by atoms with E-state index in [1.807, 2.05) is 4.90 Å². The normalized spacial score (nSPS) is 18.8.